The maximum Gasteiger partial charge on any atom is 0.176 e. The molecule has 0 saturated heterocycles. The Kier molecular flexibility index (Phi) is 3.79. The van der Waals surface area contributed by atoms with Crippen molar-refractivity contribution < 1.29 is 4.79 Å². The van der Waals surface area contributed by atoms with Crippen LogP contribution in [0.4, 0.5) is 0 Å². The van der Waals surface area contributed by atoms with Gasteiger partial charge in [-0.15, -0.1) is 0 Å². The number of benzene rings is 2. The molecule has 0 aliphatic carbocycles. The van der Waals surface area contributed by atoms with E-state index in [9.17, 15) is 4.79 Å². The molecule has 112 valence electrons. The summed E-state index contributed by atoms with van der Waals surface area (Å²) in [6, 6.07) is 14.0. The highest BCUT2D eigenvalue weighted by molar-refractivity contribution is 6.31. The number of halogens is 1. The second-order valence-corrected chi connectivity index (χ2v) is 6.08. The van der Waals surface area contributed by atoms with Gasteiger partial charge in [-0.1, -0.05) is 41.9 Å². The molecule has 2 aromatic carbocycles. The molecule has 0 radical (unpaired) electrons. The highest BCUT2D eigenvalue weighted by Gasteiger charge is 2.19. The average molecular weight is 312 g/mol. The molecule has 1 heterocycles. The van der Waals surface area contributed by atoms with Gasteiger partial charge in [0.15, 0.2) is 5.78 Å². The predicted octanol–water partition coefficient (Wildman–Crippen LogP) is 5.16. The van der Waals surface area contributed by atoms with Crippen molar-refractivity contribution >= 4 is 28.3 Å². The van der Waals surface area contributed by atoms with Crippen LogP contribution in [-0.4, -0.2) is 10.4 Å². The first kappa shape index (κ1) is 14.9. The zero-order valence-electron chi connectivity index (χ0n) is 13.0. The molecular formula is C19H18ClNO. The minimum Gasteiger partial charge on any atom is -0.333 e. The Labute approximate surface area is 135 Å². The van der Waals surface area contributed by atoms with E-state index in [0.717, 1.165) is 27.4 Å². The van der Waals surface area contributed by atoms with E-state index in [1.165, 1.54) is 10.9 Å². The van der Waals surface area contributed by atoms with E-state index in [1.807, 2.05) is 37.3 Å². The molecule has 3 aromatic rings. The van der Waals surface area contributed by atoms with Crippen molar-refractivity contribution in [3.8, 4) is 0 Å². The Balaban J connectivity index is 2.28. The number of nitrogens with zero attached hydrogens (tertiary/aromatic N) is 1. The van der Waals surface area contributed by atoms with Gasteiger partial charge in [0.2, 0.25) is 0 Å². The summed E-state index contributed by atoms with van der Waals surface area (Å²) in [5.74, 6) is 0.0835. The fourth-order valence-corrected chi connectivity index (χ4v) is 3.42. The van der Waals surface area contributed by atoms with Crippen LogP contribution >= 0.6 is 11.6 Å². The lowest BCUT2D eigenvalue weighted by atomic mass is 10.1. The number of aryl methyl sites for hydroxylation is 2. The molecule has 22 heavy (non-hydrogen) atoms. The molecule has 0 unspecified atom stereocenters. The Bertz CT molecular complexity index is 877. The molecule has 0 spiro atoms. The van der Waals surface area contributed by atoms with Crippen LogP contribution in [-0.2, 0) is 6.54 Å². The topological polar surface area (TPSA) is 22.0 Å². The van der Waals surface area contributed by atoms with Gasteiger partial charge in [-0.2, -0.15) is 0 Å². The molecule has 2 nitrogen and oxygen atoms in total. The molecule has 0 aliphatic rings. The second kappa shape index (κ2) is 5.62. The van der Waals surface area contributed by atoms with E-state index in [2.05, 4.69) is 23.6 Å². The summed E-state index contributed by atoms with van der Waals surface area (Å²) < 4.78 is 2.08. The first-order valence-electron chi connectivity index (χ1n) is 7.33. The zero-order chi connectivity index (χ0) is 15.9. The number of carbonyl (C=O) groups is 1. The monoisotopic (exact) mass is 311 g/mol. The van der Waals surface area contributed by atoms with E-state index < -0.39 is 0 Å². The third kappa shape index (κ3) is 2.34. The standard InChI is InChI=1S/C19H18ClNO/c1-12-7-6-10-17-18(12)13(2)19(14(3)22)21(17)11-15-8-4-5-9-16(15)20/h4-10H,11H2,1-3H3. The van der Waals surface area contributed by atoms with Crippen molar-refractivity contribution in [2.45, 2.75) is 27.3 Å². The maximum absolute atomic E-state index is 12.2. The van der Waals surface area contributed by atoms with Crippen LogP contribution in [0.15, 0.2) is 42.5 Å². The summed E-state index contributed by atoms with van der Waals surface area (Å²) in [6.07, 6.45) is 0. The molecule has 0 amide bonds. The number of Topliss-reactive ketones (excluding diaryl/α,β-unsaturated/α-hetero) is 1. The van der Waals surface area contributed by atoms with Crippen LogP contribution in [0.3, 0.4) is 0 Å². The number of hydrogen-bond acceptors (Lipinski definition) is 1. The fourth-order valence-electron chi connectivity index (χ4n) is 3.22. The SMILES string of the molecule is CC(=O)c1c(C)c2c(C)cccc2n1Cc1ccccc1Cl. The van der Waals surface area contributed by atoms with Gasteiger partial charge < -0.3 is 4.57 Å². The molecule has 3 heteroatoms. The van der Waals surface area contributed by atoms with Crippen LogP contribution in [0.5, 0.6) is 0 Å². The van der Waals surface area contributed by atoms with Gasteiger partial charge in [-0.05, 0) is 42.7 Å². The molecule has 0 aliphatic heterocycles. The molecule has 0 atom stereocenters. The summed E-state index contributed by atoms with van der Waals surface area (Å²) in [6.45, 7) is 6.33. The number of hydrogen-bond donors (Lipinski definition) is 0. The highest BCUT2D eigenvalue weighted by atomic mass is 35.5. The van der Waals surface area contributed by atoms with Crippen molar-refractivity contribution in [3.05, 3.63) is 69.9 Å². The summed E-state index contributed by atoms with van der Waals surface area (Å²) in [7, 11) is 0. The summed E-state index contributed by atoms with van der Waals surface area (Å²) >= 11 is 6.30. The summed E-state index contributed by atoms with van der Waals surface area (Å²) in [5.41, 5.74) is 5.11. The minimum atomic E-state index is 0.0835. The van der Waals surface area contributed by atoms with Crippen molar-refractivity contribution in [3.63, 3.8) is 0 Å². The van der Waals surface area contributed by atoms with Crippen molar-refractivity contribution in [2.75, 3.05) is 0 Å². The average Bonchev–Trinajstić information content (AvgIpc) is 2.75. The van der Waals surface area contributed by atoms with Gasteiger partial charge in [-0.3, -0.25) is 4.79 Å². The number of aromatic nitrogens is 1. The zero-order valence-corrected chi connectivity index (χ0v) is 13.7. The fraction of sp³-hybridized carbons (Fsp3) is 0.211. The molecule has 0 fully saturated rings. The van der Waals surface area contributed by atoms with Gasteiger partial charge in [0.1, 0.15) is 0 Å². The number of rotatable bonds is 3. The van der Waals surface area contributed by atoms with Gasteiger partial charge in [0.05, 0.1) is 5.69 Å². The van der Waals surface area contributed by atoms with E-state index in [-0.39, 0.29) is 5.78 Å². The lowest BCUT2D eigenvalue weighted by Gasteiger charge is -2.11. The Hall–Kier alpha value is -2.06. The van der Waals surface area contributed by atoms with E-state index in [1.54, 1.807) is 6.92 Å². The van der Waals surface area contributed by atoms with E-state index in [0.29, 0.717) is 6.54 Å². The number of fused-ring (bicyclic) bond motifs is 1. The number of carbonyl (C=O) groups excluding carboxylic acids is 1. The molecule has 0 saturated carbocycles. The van der Waals surface area contributed by atoms with Crippen molar-refractivity contribution in [1.29, 1.82) is 0 Å². The Morgan fingerprint density at radius 2 is 1.82 bits per heavy atom. The van der Waals surface area contributed by atoms with Crippen molar-refractivity contribution in [2.24, 2.45) is 0 Å². The third-order valence-corrected chi connectivity index (χ3v) is 4.53. The molecule has 3 rings (SSSR count). The number of ketones is 1. The van der Waals surface area contributed by atoms with Gasteiger partial charge in [0.25, 0.3) is 0 Å². The van der Waals surface area contributed by atoms with Gasteiger partial charge in [0, 0.05) is 29.4 Å². The molecule has 1 aromatic heterocycles. The normalized spacial score (nSPS) is 11.1. The second-order valence-electron chi connectivity index (χ2n) is 5.68. The first-order valence-corrected chi connectivity index (χ1v) is 7.71. The minimum absolute atomic E-state index is 0.0835. The first-order chi connectivity index (χ1) is 10.5. The maximum atomic E-state index is 12.2. The largest absolute Gasteiger partial charge is 0.333 e. The summed E-state index contributed by atoms with van der Waals surface area (Å²) in [4.78, 5) is 12.2. The van der Waals surface area contributed by atoms with Crippen LogP contribution in [0.1, 0.15) is 34.1 Å². The van der Waals surface area contributed by atoms with Gasteiger partial charge in [-0.25, -0.2) is 0 Å². The van der Waals surface area contributed by atoms with Crippen molar-refractivity contribution in [1.82, 2.24) is 4.57 Å². The Morgan fingerprint density at radius 3 is 2.50 bits per heavy atom. The lowest BCUT2D eigenvalue weighted by Crippen LogP contribution is -2.09. The van der Waals surface area contributed by atoms with E-state index >= 15 is 0 Å². The highest BCUT2D eigenvalue weighted by Crippen LogP contribution is 2.30. The third-order valence-electron chi connectivity index (χ3n) is 4.16. The molecule has 0 bridgehead atoms. The molecular weight excluding hydrogens is 294 g/mol. The van der Waals surface area contributed by atoms with Crippen LogP contribution in [0.25, 0.3) is 10.9 Å². The smallest absolute Gasteiger partial charge is 0.176 e. The van der Waals surface area contributed by atoms with Crippen LogP contribution in [0, 0.1) is 13.8 Å². The molecule has 0 N–H and O–H groups in total. The lowest BCUT2D eigenvalue weighted by molar-refractivity contribution is 0.100. The summed E-state index contributed by atoms with van der Waals surface area (Å²) in [5, 5.41) is 1.89. The van der Waals surface area contributed by atoms with Gasteiger partial charge >= 0.3 is 0 Å². The van der Waals surface area contributed by atoms with E-state index in [4.69, 9.17) is 11.6 Å². The predicted molar refractivity (Wildman–Crippen MR) is 92.0 cm³/mol. The quantitative estimate of drug-likeness (QED) is 0.612. The van der Waals surface area contributed by atoms with Crippen LogP contribution in [0.2, 0.25) is 5.02 Å². The Morgan fingerprint density at radius 1 is 1.09 bits per heavy atom. The van der Waals surface area contributed by atoms with Crippen LogP contribution < -0.4 is 0 Å².